The summed E-state index contributed by atoms with van der Waals surface area (Å²) in [7, 11) is 3.11. The molecule has 9 heteroatoms. The number of ether oxygens (including phenoxy) is 2. The zero-order chi connectivity index (χ0) is 22.4. The van der Waals surface area contributed by atoms with Crippen molar-refractivity contribution in [1.29, 1.82) is 0 Å². The van der Waals surface area contributed by atoms with Crippen LogP contribution in [0.1, 0.15) is 19.8 Å². The zero-order valence-electron chi connectivity index (χ0n) is 18.6. The van der Waals surface area contributed by atoms with Crippen LogP contribution < -0.4 is 19.7 Å². The quantitative estimate of drug-likeness (QED) is 0.683. The summed E-state index contributed by atoms with van der Waals surface area (Å²) in [6.45, 7) is 5.87. The first-order valence-electron chi connectivity index (χ1n) is 10.8. The first-order valence-corrected chi connectivity index (χ1v) is 10.8. The van der Waals surface area contributed by atoms with Gasteiger partial charge in [-0.2, -0.15) is 0 Å². The van der Waals surface area contributed by atoms with E-state index in [9.17, 15) is 14.4 Å². The van der Waals surface area contributed by atoms with Crippen molar-refractivity contribution in [1.82, 2.24) is 15.1 Å². The van der Waals surface area contributed by atoms with Crippen molar-refractivity contribution in [3.05, 3.63) is 18.2 Å². The summed E-state index contributed by atoms with van der Waals surface area (Å²) in [5.41, 5.74) is 0.696. The molecule has 2 aliphatic heterocycles. The Morgan fingerprint density at radius 1 is 1.10 bits per heavy atom. The number of hydrogen-bond donors (Lipinski definition) is 1. The molecule has 170 valence electrons. The fraction of sp³-hybridized carbons (Fsp3) is 0.591. The van der Waals surface area contributed by atoms with Gasteiger partial charge in [-0.1, -0.05) is 0 Å². The van der Waals surface area contributed by atoms with Gasteiger partial charge in [-0.05, 0) is 25.5 Å². The van der Waals surface area contributed by atoms with Crippen LogP contribution in [0.2, 0.25) is 0 Å². The van der Waals surface area contributed by atoms with Crippen LogP contribution in [0, 0.1) is 5.92 Å². The number of benzene rings is 1. The van der Waals surface area contributed by atoms with Crippen LogP contribution in [0.25, 0.3) is 0 Å². The molecule has 1 N–H and O–H groups in total. The summed E-state index contributed by atoms with van der Waals surface area (Å²) in [6, 6.07) is 5.32. The second-order valence-electron chi connectivity index (χ2n) is 7.85. The Labute approximate surface area is 183 Å². The Bertz CT molecular complexity index is 815. The van der Waals surface area contributed by atoms with E-state index in [1.807, 2.05) is 11.8 Å². The Kier molecular flexibility index (Phi) is 7.73. The predicted molar refractivity (Wildman–Crippen MR) is 116 cm³/mol. The van der Waals surface area contributed by atoms with Crippen molar-refractivity contribution >= 4 is 23.4 Å². The summed E-state index contributed by atoms with van der Waals surface area (Å²) < 4.78 is 10.6. The molecular weight excluding hydrogens is 400 g/mol. The summed E-state index contributed by atoms with van der Waals surface area (Å²) in [5, 5.41) is 2.81. The van der Waals surface area contributed by atoms with Crippen LogP contribution in [0.5, 0.6) is 11.5 Å². The van der Waals surface area contributed by atoms with Crippen LogP contribution >= 0.6 is 0 Å². The second-order valence-corrected chi connectivity index (χ2v) is 7.85. The Morgan fingerprint density at radius 3 is 2.58 bits per heavy atom. The molecule has 2 heterocycles. The van der Waals surface area contributed by atoms with Gasteiger partial charge in [0.25, 0.3) is 0 Å². The van der Waals surface area contributed by atoms with Crippen LogP contribution in [0.15, 0.2) is 18.2 Å². The monoisotopic (exact) mass is 432 g/mol. The molecule has 2 fully saturated rings. The molecule has 0 aliphatic carbocycles. The van der Waals surface area contributed by atoms with Gasteiger partial charge < -0.3 is 24.6 Å². The third-order valence-corrected chi connectivity index (χ3v) is 5.79. The average molecular weight is 433 g/mol. The molecule has 2 saturated heterocycles. The van der Waals surface area contributed by atoms with E-state index in [-0.39, 0.29) is 30.1 Å². The van der Waals surface area contributed by atoms with E-state index in [0.717, 1.165) is 13.0 Å². The van der Waals surface area contributed by atoms with Crippen molar-refractivity contribution in [2.24, 2.45) is 5.92 Å². The summed E-state index contributed by atoms with van der Waals surface area (Å²) in [4.78, 5) is 43.2. The highest BCUT2D eigenvalue weighted by Crippen LogP contribution is 2.34. The van der Waals surface area contributed by atoms with Crippen LogP contribution in [0.3, 0.4) is 0 Å². The molecule has 9 nitrogen and oxygen atoms in total. The number of nitrogens with zero attached hydrogens (tertiary/aromatic N) is 3. The van der Waals surface area contributed by atoms with E-state index in [2.05, 4.69) is 10.2 Å². The van der Waals surface area contributed by atoms with Gasteiger partial charge in [-0.25, -0.2) is 0 Å². The minimum absolute atomic E-state index is 0.00854. The van der Waals surface area contributed by atoms with Gasteiger partial charge in [0.05, 0.1) is 26.7 Å². The number of nitrogens with one attached hydrogen (secondary N) is 1. The van der Waals surface area contributed by atoms with Crippen molar-refractivity contribution in [2.75, 3.05) is 64.9 Å². The molecule has 1 atom stereocenters. The number of carbonyl (C=O) groups excluding carboxylic acids is 3. The van der Waals surface area contributed by atoms with Crippen molar-refractivity contribution in [2.45, 2.75) is 19.8 Å². The Morgan fingerprint density at radius 2 is 1.87 bits per heavy atom. The minimum Gasteiger partial charge on any atom is -0.493 e. The van der Waals surface area contributed by atoms with E-state index < -0.39 is 0 Å². The highest BCUT2D eigenvalue weighted by molar-refractivity contribution is 6.00. The Balaban J connectivity index is 1.61. The topological polar surface area (TPSA) is 91.4 Å². The molecule has 1 unspecified atom stereocenters. The summed E-state index contributed by atoms with van der Waals surface area (Å²) in [6.07, 6.45) is 1.01. The van der Waals surface area contributed by atoms with Crippen LogP contribution in [0.4, 0.5) is 5.69 Å². The molecule has 1 aromatic carbocycles. The summed E-state index contributed by atoms with van der Waals surface area (Å²) in [5.74, 6) is 0.716. The molecule has 3 rings (SSSR count). The molecule has 2 aliphatic rings. The number of likely N-dealkylation sites (N-methyl/N-ethyl adjacent to an activating group) is 1. The van der Waals surface area contributed by atoms with Crippen molar-refractivity contribution in [3.63, 3.8) is 0 Å². The molecule has 31 heavy (non-hydrogen) atoms. The molecule has 0 radical (unpaired) electrons. The van der Waals surface area contributed by atoms with Crippen molar-refractivity contribution in [3.8, 4) is 11.5 Å². The lowest BCUT2D eigenvalue weighted by Crippen LogP contribution is -2.41. The number of methoxy groups -OCH3 is 2. The van der Waals surface area contributed by atoms with Gasteiger partial charge in [0, 0.05) is 57.4 Å². The number of rotatable bonds is 7. The predicted octanol–water partition coefficient (Wildman–Crippen LogP) is 0.727. The number of anilines is 1. The van der Waals surface area contributed by atoms with Gasteiger partial charge in [-0.15, -0.1) is 0 Å². The maximum atomic E-state index is 13.1. The normalized spacial score (nSPS) is 19.8. The summed E-state index contributed by atoms with van der Waals surface area (Å²) >= 11 is 0. The maximum absolute atomic E-state index is 13.1. The third-order valence-electron chi connectivity index (χ3n) is 5.79. The molecule has 0 aromatic heterocycles. The number of hydrogen-bond acceptors (Lipinski definition) is 6. The Hall–Kier alpha value is -2.81. The standard InChI is InChI=1S/C22H32N4O5/c1-4-23-20(27)15-24-8-5-9-25(11-10-24)22(29)16-12-21(28)26(14-16)17-6-7-18(30-2)19(13-17)31-3/h6-7,13,16H,4-5,8-12,14-15H2,1-3H3,(H,23,27). The zero-order valence-corrected chi connectivity index (χ0v) is 18.6. The molecule has 3 amide bonds. The first-order chi connectivity index (χ1) is 15.0. The SMILES string of the molecule is CCNC(=O)CN1CCCN(C(=O)C2CC(=O)N(c3ccc(OC)c(OC)c3)C2)CC1. The van der Waals surface area contributed by atoms with Gasteiger partial charge >= 0.3 is 0 Å². The fourth-order valence-electron chi connectivity index (χ4n) is 4.18. The van der Waals surface area contributed by atoms with Gasteiger partial charge in [0.15, 0.2) is 11.5 Å². The van der Waals surface area contributed by atoms with Gasteiger partial charge in [0.1, 0.15) is 0 Å². The lowest BCUT2D eigenvalue weighted by Gasteiger charge is -2.24. The van der Waals surface area contributed by atoms with Gasteiger partial charge in [-0.3, -0.25) is 19.3 Å². The molecule has 0 bridgehead atoms. The van der Waals surface area contributed by atoms with E-state index in [4.69, 9.17) is 9.47 Å². The van der Waals surface area contributed by atoms with Crippen molar-refractivity contribution < 1.29 is 23.9 Å². The van der Waals surface area contributed by atoms with E-state index in [1.54, 1.807) is 37.3 Å². The van der Waals surface area contributed by atoms with E-state index in [1.165, 1.54) is 0 Å². The molecule has 0 spiro atoms. The fourth-order valence-corrected chi connectivity index (χ4v) is 4.18. The number of carbonyl (C=O) groups is 3. The van der Waals surface area contributed by atoms with E-state index >= 15 is 0 Å². The smallest absolute Gasteiger partial charge is 0.234 e. The molecule has 1 aromatic rings. The number of amides is 3. The van der Waals surface area contributed by atoms with Gasteiger partial charge in [0.2, 0.25) is 17.7 Å². The lowest BCUT2D eigenvalue weighted by molar-refractivity contribution is -0.135. The highest BCUT2D eigenvalue weighted by Gasteiger charge is 2.37. The van der Waals surface area contributed by atoms with E-state index in [0.29, 0.717) is 56.5 Å². The molecule has 0 saturated carbocycles. The third kappa shape index (κ3) is 5.46. The van der Waals surface area contributed by atoms with Crippen LogP contribution in [-0.2, 0) is 14.4 Å². The average Bonchev–Trinajstić information content (AvgIpc) is 3.00. The largest absolute Gasteiger partial charge is 0.493 e. The minimum atomic E-state index is -0.365. The lowest BCUT2D eigenvalue weighted by atomic mass is 10.1. The second kappa shape index (κ2) is 10.5. The maximum Gasteiger partial charge on any atom is 0.234 e. The van der Waals surface area contributed by atoms with Crippen LogP contribution in [-0.4, -0.2) is 87.6 Å². The molecular formula is C22H32N4O5. The first kappa shape index (κ1) is 22.9. The highest BCUT2D eigenvalue weighted by atomic mass is 16.5.